The molecule has 1 aromatic carbocycles. The van der Waals surface area contributed by atoms with Crippen molar-refractivity contribution in [3.63, 3.8) is 0 Å². The number of oxazole rings is 1. The minimum atomic E-state index is -0.472. The van der Waals surface area contributed by atoms with Gasteiger partial charge in [0.2, 0.25) is 5.91 Å². The maximum Gasteiger partial charge on any atom is 0.323 e. The second-order valence-electron chi connectivity index (χ2n) is 10.3. The number of aromatic hydroxyl groups is 1. The fourth-order valence-electron chi connectivity index (χ4n) is 5.53. The van der Waals surface area contributed by atoms with Crippen LogP contribution in [0.1, 0.15) is 54.9 Å². The number of urea groups is 1. The van der Waals surface area contributed by atoms with Gasteiger partial charge in [-0.3, -0.25) is 14.9 Å². The van der Waals surface area contributed by atoms with E-state index in [0.717, 1.165) is 38.9 Å². The number of hydrogen-bond acceptors (Lipinski definition) is 7. The molecule has 200 valence electrons. The number of anilines is 1. The van der Waals surface area contributed by atoms with Crippen molar-refractivity contribution in [3.05, 3.63) is 41.3 Å². The van der Waals surface area contributed by atoms with Crippen molar-refractivity contribution in [2.45, 2.75) is 52.5 Å². The van der Waals surface area contributed by atoms with Gasteiger partial charge in [-0.25, -0.2) is 4.79 Å². The molecule has 0 radical (unpaired) electrons. The number of nitrogens with one attached hydrogen (secondary N) is 2. The fraction of sp³-hybridized carbons (Fsp3) is 0.556. The van der Waals surface area contributed by atoms with Gasteiger partial charge in [0, 0.05) is 40.0 Å². The van der Waals surface area contributed by atoms with Crippen molar-refractivity contribution >= 4 is 23.7 Å². The predicted octanol–water partition coefficient (Wildman–Crippen LogP) is 3.20. The minimum absolute atomic E-state index is 0.00739. The Hall–Kier alpha value is -3.40. The molecule has 0 unspecified atom stereocenters. The second kappa shape index (κ2) is 11.8. The second-order valence-corrected chi connectivity index (χ2v) is 10.3. The van der Waals surface area contributed by atoms with E-state index in [1.54, 1.807) is 30.9 Å². The Bertz CT molecular complexity index is 1110. The molecule has 3 atom stereocenters. The fourth-order valence-corrected chi connectivity index (χ4v) is 5.53. The number of piperidine rings is 2. The van der Waals surface area contributed by atoms with E-state index < -0.39 is 6.03 Å². The van der Waals surface area contributed by atoms with Gasteiger partial charge in [-0.2, -0.15) is 4.98 Å². The Balaban J connectivity index is 1.37. The highest BCUT2D eigenvalue weighted by Crippen LogP contribution is 2.26. The molecule has 3 amide bonds. The van der Waals surface area contributed by atoms with Crippen LogP contribution in [0.15, 0.2) is 28.7 Å². The van der Waals surface area contributed by atoms with Crippen molar-refractivity contribution in [2.75, 3.05) is 38.0 Å². The number of hydrogen-bond donors (Lipinski definition) is 3. The quantitative estimate of drug-likeness (QED) is 0.487. The number of ketones is 1. The van der Waals surface area contributed by atoms with E-state index in [1.807, 2.05) is 12.1 Å². The lowest BCUT2D eigenvalue weighted by atomic mass is 9.87. The maximum atomic E-state index is 12.8. The maximum absolute atomic E-state index is 12.8. The summed E-state index contributed by atoms with van der Waals surface area (Å²) in [6.45, 7) is 8.55. The summed E-state index contributed by atoms with van der Waals surface area (Å²) in [6, 6.07) is 6.72. The molecule has 0 bridgehead atoms. The van der Waals surface area contributed by atoms with Gasteiger partial charge in [-0.1, -0.05) is 12.1 Å². The van der Waals surface area contributed by atoms with Crippen LogP contribution >= 0.6 is 0 Å². The highest BCUT2D eigenvalue weighted by atomic mass is 16.4. The van der Waals surface area contributed by atoms with E-state index in [4.69, 9.17) is 4.42 Å². The summed E-state index contributed by atoms with van der Waals surface area (Å²) in [4.78, 5) is 44.9. The summed E-state index contributed by atoms with van der Waals surface area (Å²) < 4.78 is 5.39. The molecule has 1 aromatic heterocycles. The van der Waals surface area contributed by atoms with Crippen LogP contribution in [0.5, 0.6) is 5.75 Å². The third-order valence-electron chi connectivity index (χ3n) is 7.41. The largest absolute Gasteiger partial charge is 0.508 e. The number of Topliss-reactive ketones (excluding diaryl/α,β-unsaturated/α-hetero) is 1. The van der Waals surface area contributed by atoms with Crippen molar-refractivity contribution in [3.8, 4) is 5.75 Å². The average molecular weight is 512 g/mol. The Morgan fingerprint density at radius 1 is 1.11 bits per heavy atom. The number of aryl methyl sites for hydroxylation is 1. The SMILES string of the molecule is CC(=O)c1oc(NC(=O)N[C@@H]2CN(C(C)=O)CC[C@H]2CN2CCC[C@@H](Cc3ccc(O)cc3)C2)nc1C. The van der Waals surface area contributed by atoms with E-state index in [1.165, 1.54) is 18.9 Å². The molecule has 10 nitrogen and oxygen atoms in total. The van der Waals surface area contributed by atoms with Crippen molar-refractivity contribution < 1.29 is 23.9 Å². The highest BCUT2D eigenvalue weighted by molar-refractivity contribution is 5.93. The van der Waals surface area contributed by atoms with Crippen LogP contribution in [0.3, 0.4) is 0 Å². The van der Waals surface area contributed by atoms with E-state index in [2.05, 4.69) is 20.5 Å². The molecule has 0 aliphatic carbocycles. The van der Waals surface area contributed by atoms with Crippen molar-refractivity contribution in [1.29, 1.82) is 0 Å². The number of carbonyl (C=O) groups excluding carboxylic acids is 3. The number of likely N-dealkylation sites (tertiary alicyclic amines) is 2. The Labute approximate surface area is 217 Å². The first kappa shape index (κ1) is 26.7. The summed E-state index contributed by atoms with van der Waals surface area (Å²) >= 11 is 0. The molecule has 2 fully saturated rings. The number of benzene rings is 1. The van der Waals surface area contributed by atoms with Crippen LogP contribution in [-0.2, 0) is 11.2 Å². The zero-order valence-corrected chi connectivity index (χ0v) is 21.8. The van der Waals surface area contributed by atoms with E-state index in [9.17, 15) is 19.5 Å². The van der Waals surface area contributed by atoms with Gasteiger partial charge < -0.3 is 24.6 Å². The standard InChI is InChI=1S/C27H37N5O5/c1-17-25(18(2)33)37-27(28-17)30-26(36)29-24-16-32(19(3)34)12-10-22(24)15-31-11-4-5-21(14-31)13-20-6-8-23(35)9-7-20/h6-9,21-22,24,35H,4-5,10-16H2,1-3H3,(H2,28,29,30,36)/t21-,22-,24+/m0/s1. The van der Waals surface area contributed by atoms with Gasteiger partial charge in [0.1, 0.15) is 5.75 Å². The van der Waals surface area contributed by atoms with E-state index in [0.29, 0.717) is 24.7 Å². The van der Waals surface area contributed by atoms with Crippen LogP contribution in [-0.4, -0.2) is 76.4 Å². The van der Waals surface area contributed by atoms with Crippen LogP contribution in [0.25, 0.3) is 0 Å². The van der Waals surface area contributed by atoms with E-state index in [-0.39, 0.29) is 41.2 Å². The number of aromatic nitrogens is 1. The summed E-state index contributed by atoms with van der Waals surface area (Å²) in [5, 5.41) is 15.2. The van der Waals surface area contributed by atoms with Crippen LogP contribution in [0.2, 0.25) is 0 Å². The third-order valence-corrected chi connectivity index (χ3v) is 7.41. The number of nitrogens with zero attached hydrogens (tertiary/aromatic N) is 3. The monoisotopic (exact) mass is 511 g/mol. The lowest BCUT2D eigenvalue weighted by Gasteiger charge is -2.42. The lowest BCUT2D eigenvalue weighted by molar-refractivity contribution is -0.130. The third kappa shape index (κ3) is 7.09. The smallest absolute Gasteiger partial charge is 0.323 e. The van der Waals surface area contributed by atoms with Crippen molar-refractivity contribution in [1.82, 2.24) is 20.1 Å². The van der Waals surface area contributed by atoms with Gasteiger partial charge in [0.05, 0.1) is 11.7 Å². The number of phenols is 1. The van der Waals surface area contributed by atoms with Crippen molar-refractivity contribution in [2.24, 2.45) is 11.8 Å². The normalized spacial score (nSPS) is 22.5. The van der Waals surface area contributed by atoms with Gasteiger partial charge >= 0.3 is 12.0 Å². The minimum Gasteiger partial charge on any atom is -0.508 e. The summed E-state index contributed by atoms with van der Waals surface area (Å²) in [5.41, 5.74) is 1.65. The van der Waals surface area contributed by atoms with Gasteiger partial charge in [-0.05, 0) is 68.7 Å². The molecule has 2 saturated heterocycles. The Morgan fingerprint density at radius 2 is 1.86 bits per heavy atom. The zero-order valence-electron chi connectivity index (χ0n) is 21.8. The number of phenolic OH excluding ortho intramolecular Hbond substituents is 1. The highest BCUT2D eigenvalue weighted by Gasteiger charge is 2.34. The van der Waals surface area contributed by atoms with Crippen LogP contribution in [0, 0.1) is 18.8 Å². The Morgan fingerprint density at radius 3 is 2.54 bits per heavy atom. The number of carbonyl (C=O) groups is 3. The molecule has 0 spiro atoms. The molecule has 0 saturated carbocycles. The van der Waals surface area contributed by atoms with Gasteiger partial charge in [0.25, 0.3) is 0 Å². The topological polar surface area (TPSA) is 128 Å². The molecule has 4 rings (SSSR count). The molecular weight excluding hydrogens is 474 g/mol. The average Bonchev–Trinajstić information content (AvgIpc) is 3.21. The molecule has 2 aliphatic rings. The first-order valence-electron chi connectivity index (χ1n) is 13.0. The molecule has 2 aliphatic heterocycles. The Kier molecular flexibility index (Phi) is 8.48. The molecule has 3 N–H and O–H groups in total. The van der Waals surface area contributed by atoms with Gasteiger partial charge in [0.15, 0.2) is 11.5 Å². The number of amides is 3. The van der Waals surface area contributed by atoms with E-state index >= 15 is 0 Å². The summed E-state index contributed by atoms with van der Waals surface area (Å²) in [5.74, 6) is 0.869. The summed E-state index contributed by atoms with van der Waals surface area (Å²) in [6.07, 6.45) is 4.06. The first-order valence-corrected chi connectivity index (χ1v) is 13.0. The van der Waals surface area contributed by atoms with Crippen LogP contribution in [0.4, 0.5) is 10.8 Å². The zero-order chi connectivity index (χ0) is 26.5. The first-order chi connectivity index (χ1) is 17.7. The molecule has 3 heterocycles. The molecule has 37 heavy (non-hydrogen) atoms. The molecule has 2 aromatic rings. The molecular formula is C27H37N5O5. The van der Waals surface area contributed by atoms with Gasteiger partial charge in [-0.15, -0.1) is 0 Å². The summed E-state index contributed by atoms with van der Waals surface area (Å²) in [7, 11) is 0. The number of rotatable bonds is 7. The lowest BCUT2D eigenvalue weighted by Crippen LogP contribution is -2.57. The molecule has 10 heteroatoms. The van der Waals surface area contributed by atoms with Crippen LogP contribution < -0.4 is 10.6 Å². The predicted molar refractivity (Wildman–Crippen MR) is 139 cm³/mol.